The summed E-state index contributed by atoms with van der Waals surface area (Å²) < 4.78 is 0. The minimum Gasteiger partial charge on any atom is -0.355 e. The molecular formula is C15H19N5S. The topological polar surface area (TPSA) is 45.2 Å². The highest BCUT2D eigenvalue weighted by atomic mass is 32.1. The molecule has 2 fully saturated rings. The lowest BCUT2D eigenvalue weighted by atomic mass is 10.3. The summed E-state index contributed by atoms with van der Waals surface area (Å²) in [6.45, 7) is 4.14. The molecule has 5 nitrogen and oxygen atoms in total. The molecule has 2 aromatic rings. The van der Waals surface area contributed by atoms with Crippen LogP contribution < -0.4 is 9.80 Å². The van der Waals surface area contributed by atoms with Crippen molar-refractivity contribution in [2.24, 2.45) is 0 Å². The van der Waals surface area contributed by atoms with Crippen molar-refractivity contribution in [3.05, 3.63) is 29.7 Å². The molecule has 1 aliphatic carbocycles. The zero-order valence-electron chi connectivity index (χ0n) is 12.0. The monoisotopic (exact) mass is 301 g/mol. The van der Waals surface area contributed by atoms with Crippen LogP contribution in [-0.2, 0) is 0 Å². The van der Waals surface area contributed by atoms with E-state index in [2.05, 4.69) is 19.8 Å². The molecule has 0 amide bonds. The van der Waals surface area contributed by atoms with Crippen LogP contribution in [0.1, 0.15) is 31.0 Å². The van der Waals surface area contributed by atoms with Gasteiger partial charge in [0.1, 0.15) is 11.6 Å². The van der Waals surface area contributed by atoms with E-state index in [9.17, 15) is 0 Å². The normalized spacial score (nSPS) is 19.6. The van der Waals surface area contributed by atoms with Crippen LogP contribution in [0.3, 0.4) is 0 Å². The van der Waals surface area contributed by atoms with Crippen molar-refractivity contribution in [2.45, 2.75) is 25.2 Å². The van der Waals surface area contributed by atoms with Crippen LogP contribution >= 0.6 is 11.3 Å². The second-order valence-electron chi connectivity index (χ2n) is 5.69. The Morgan fingerprint density at radius 3 is 2.67 bits per heavy atom. The molecule has 110 valence electrons. The first-order valence-corrected chi connectivity index (χ1v) is 8.50. The summed E-state index contributed by atoms with van der Waals surface area (Å²) >= 11 is 1.72. The molecular weight excluding hydrogens is 282 g/mol. The average molecular weight is 301 g/mol. The number of aromatic nitrogens is 3. The molecule has 21 heavy (non-hydrogen) atoms. The number of thiazole rings is 1. The molecule has 0 spiro atoms. The van der Waals surface area contributed by atoms with Gasteiger partial charge in [-0.25, -0.2) is 15.0 Å². The van der Waals surface area contributed by atoms with Gasteiger partial charge in [0.05, 0.1) is 0 Å². The Kier molecular flexibility index (Phi) is 3.47. The standard InChI is InChI=1S/C15H19N5S/c1-7-19(9-10-20(8-1)15-17-6-11-21-15)13-4-5-16-14(18-13)12-2-3-12/h4-6,11-12H,1-3,7-10H2. The molecule has 0 unspecified atom stereocenters. The van der Waals surface area contributed by atoms with Crippen molar-refractivity contribution in [1.82, 2.24) is 15.0 Å². The quantitative estimate of drug-likeness (QED) is 0.871. The fraction of sp³-hybridized carbons (Fsp3) is 0.533. The molecule has 0 N–H and O–H groups in total. The predicted molar refractivity (Wildman–Crippen MR) is 85.2 cm³/mol. The van der Waals surface area contributed by atoms with E-state index in [0.29, 0.717) is 5.92 Å². The summed E-state index contributed by atoms with van der Waals surface area (Å²) in [5.74, 6) is 2.74. The summed E-state index contributed by atoms with van der Waals surface area (Å²) in [6.07, 6.45) is 7.44. The van der Waals surface area contributed by atoms with Crippen LogP contribution in [0, 0.1) is 0 Å². The highest BCUT2D eigenvalue weighted by Gasteiger charge is 2.27. The fourth-order valence-corrected chi connectivity index (χ4v) is 3.48. The molecule has 4 rings (SSSR count). The third-order valence-corrected chi connectivity index (χ3v) is 4.94. The second kappa shape index (κ2) is 5.60. The van der Waals surface area contributed by atoms with Gasteiger partial charge in [-0.1, -0.05) is 0 Å². The maximum absolute atomic E-state index is 4.77. The van der Waals surface area contributed by atoms with Gasteiger partial charge in [0.15, 0.2) is 5.13 Å². The molecule has 2 aromatic heterocycles. The third-order valence-electron chi connectivity index (χ3n) is 4.11. The van der Waals surface area contributed by atoms with Crippen molar-refractivity contribution in [2.75, 3.05) is 36.0 Å². The van der Waals surface area contributed by atoms with Crippen molar-refractivity contribution >= 4 is 22.3 Å². The first-order chi connectivity index (χ1) is 10.4. The highest BCUT2D eigenvalue weighted by molar-refractivity contribution is 7.13. The lowest BCUT2D eigenvalue weighted by Gasteiger charge is -2.22. The number of hydrogen-bond donors (Lipinski definition) is 0. The first kappa shape index (κ1) is 13.0. The van der Waals surface area contributed by atoms with Crippen LogP contribution in [-0.4, -0.2) is 41.1 Å². The SMILES string of the molecule is c1cc(N2CCCN(c3nccs3)CC2)nc(C2CC2)n1. The van der Waals surface area contributed by atoms with E-state index in [-0.39, 0.29) is 0 Å². The molecule has 1 saturated heterocycles. The second-order valence-corrected chi connectivity index (χ2v) is 6.56. The first-order valence-electron chi connectivity index (χ1n) is 7.62. The van der Waals surface area contributed by atoms with E-state index < -0.39 is 0 Å². The molecule has 6 heteroatoms. The van der Waals surface area contributed by atoms with Crippen molar-refractivity contribution in [3.63, 3.8) is 0 Å². The fourth-order valence-electron chi connectivity index (χ4n) is 2.79. The molecule has 1 aliphatic heterocycles. The van der Waals surface area contributed by atoms with E-state index in [0.717, 1.165) is 49.4 Å². The van der Waals surface area contributed by atoms with Gasteiger partial charge in [-0.2, -0.15) is 0 Å². The Morgan fingerprint density at radius 2 is 1.86 bits per heavy atom. The predicted octanol–water partition coefficient (Wildman–Crippen LogP) is 2.53. The van der Waals surface area contributed by atoms with Crippen LogP contribution in [0.15, 0.2) is 23.8 Å². The van der Waals surface area contributed by atoms with Crippen LogP contribution in [0.5, 0.6) is 0 Å². The minimum absolute atomic E-state index is 0.615. The molecule has 0 atom stereocenters. The van der Waals surface area contributed by atoms with E-state index in [1.807, 2.05) is 23.8 Å². The van der Waals surface area contributed by atoms with E-state index in [1.165, 1.54) is 12.8 Å². The Morgan fingerprint density at radius 1 is 1.00 bits per heavy atom. The largest absolute Gasteiger partial charge is 0.355 e. The summed E-state index contributed by atoms with van der Waals surface area (Å²) in [4.78, 5) is 18.4. The lowest BCUT2D eigenvalue weighted by molar-refractivity contribution is 0.785. The smallest absolute Gasteiger partial charge is 0.185 e. The number of nitrogens with zero attached hydrogens (tertiary/aromatic N) is 5. The number of anilines is 2. The summed E-state index contributed by atoms with van der Waals surface area (Å²) in [5, 5.41) is 3.18. The summed E-state index contributed by atoms with van der Waals surface area (Å²) in [5.41, 5.74) is 0. The molecule has 0 radical (unpaired) electrons. The summed E-state index contributed by atoms with van der Waals surface area (Å²) in [7, 11) is 0. The maximum atomic E-state index is 4.77. The lowest BCUT2D eigenvalue weighted by Crippen LogP contribution is -2.31. The Bertz CT molecular complexity index is 596. The van der Waals surface area contributed by atoms with Crippen LogP contribution in [0.25, 0.3) is 0 Å². The highest BCUT2D eigenvalue weighted by Crippen LogP contribution is 2.38. The van der Waals surface area contributed by atoms with Crippen LogP contribution in [0.2, 0.25) is 0 Å². The third kappa shape index (κ3) is 2.85. The Balaban J connectivity index is 1.47. The van der Waals surface area contributed by atoms with Gasteiger partial charge in [-0.15, -0.1) is 11.3 Å². The average Bonchev–Trinajstić information content (AvgIpc) is 3.29. The van der Waals surface area contributed by atoms with Gasteiger partial charge >= 0.3 is 0 Å². The maximum Gasteiger partial charge on any atom is 0.185 e. The van der Waals surface area contributed by atoms with Crippen molar-refractivity contribution in [3.8, 4) is 0 Å². The molecule has 1 saturated carbocycles. The van der Waals surface area contributed by atoms with Crippen molar-refractivity contribution in [1.29, 1.82) is 0 Å². The van der Waals surface area contributed by atoms with E-state index >= 15 is 0 Å². The van der Waals surface area contributed by atoms with Gasteiger partial charge in [0, 0.05) is 49.9 Å². The summed E-state index contributed by atoms with van der Waals surface area (Å²) in [6, 6.07) is 2.05. The van der Waals surface area contributed by atoms with Gasteiger partial charge in [-0.05, 0) is 25.3 Å². The Labute approximate surface area is 128 Å². The van der Waals surface area contributed by atoms with Crippen LogP contribution in [0.4, 0.5) is 10.9 Å². The zero-order valence-corrected chi connectivity index (χ0v) is 12.8. The van der Waals surface area contributed by atoms with E-state index in [1.54, 1.807) is 11.3 Å². The Hall–Kier alpha value is -1.69. The van der Waals surface area contributed by atoms with Gasteiger partial charge in [0.2, 0.25) is 0 Å². The zero-order chi connectivity index (χ0) is 14.1. The van der Waals surface area contributed by atoms with Gasteiger partial charge in [-0.3, -0.25) is 0 Å². The number of hydrogen-bond acceptors (Lipinski definition) is 6. The molecule has 3 heterocycles. The van der Waals surface area contributed by atoms with Crippen molar-refractivity contribution < 1.29 is 0 Å². The molecule has 0 aromatic carbocycles. The number of rotatable bonds is 3. The van der Waals surface area contributed by atoms with Gasteiger partial charge in [0.25, 0.3) is 0 Å². The van der Waals surface area contributed by atoms with Gasteiger partial charge < -0.3 is 9.80 Å². The minimum atomic E-state index is 0.615. The van der Waals surface area contributed by atoms with E-state index in [4.69, 9.17) is 4.98 Å². The molecule has 2 aliphatic rings. The molecule has 0 bridgehead atoms.